The van der Waals surface area contributed by atoms with Crippen LogP contribution in [0.1, 0.15) is 99.8 Å². The molecule has 6 heteroatoms. The molecule has 0 aliphatic rings. The zero-order valence-electron chi connectivity index (χ0n) is 20.7. The lowest BCUT2D eigenvalue weighted by molar-refractivity contribution is 0.0211. The van der Waals surface area contributed by atoms with Crippen LogP contribution in [-0.4, -0.2) is 61.4 Å². The quantitative estimate of drug-likeness (QED) is 0.163. The van der Waals surface area contributed by atoms with Gasteiger partial charge in [0.2, 0.25) is 0 Å². The van der Waals surface area contributed by atoms with E-state index in [0.29, 0.717) is 11.1 Å². The highest BCUT2D eigenvalue weighted by molar-refractivity contribution is 5.93. The van der Waals surface area contributed by atoms with Crippen LogP contribution in [0.25, 0.3) is 0 Å². The highest BCUT2D eigenvalue weighted by Gasteiger charge is 2.13. The molecule has 0 bridgehead atoms. The number of carbonyl (C=O) groups excluding carboxylic acids is 2. The third kappa shape index (κ3) is 11.6. The molecule has 0 atom stereocenters. The molecule has 0 aromatic heterocycles. The molecule has 0 amide bonds. The molecule has 0 unspecified atom stereocenters. The summed E-state index contributed by atoms with van der Waals surface area (Å²) >= 11 is 0. The fourth-order valence-corrected chi connectivity index (χ4v) is 3.36. The summed E-state index contributed by atoms with van der Waals surface area (Å²) in [7, 11) is 0. The number of unbranched alkanes of at least 4 members (excludes halogenated alkanes) is 6. The van der Waals surface area contributed by atoms with Gasteiger partial charge in [0.15, 0.2) is 0 Å². The van der Waals surface area contributed by atoms with Crippen molar-refractivity contribution in [1.29, 1.82) is 0 Å². The third-order valence-corrected chi connectivity index (χ3v) is 5.66. The second-order valence-electron chi connectivity index (χ2n) is 8.24. The van der Waals surface area contributed by atoms with Crippen LogP contribution in [0.2, 0.25) is 0 Å². The molecule has 0 heterocycles. The first-order valence-corrected chi connectivity index (χ1v) is 12.4. The largest absolute Gasteiger partial charge is 0.446 e. The Hall–Kier alpha value is -1.92. The van der Waals surface area contributed by atoms with E-state index in [1.165, 1.54) is 38.5 Å². The lowest BCUT2D eigenvalue weighted by Crippen LogP contribution is -2.29. The summed E-state index contributed by atoms with van der Waals surface area (Å²) in [6.45, 7) is 12.7. The van der Waals surface area contributed by atoms with E-state index in [1.54, 1.807) is 24.3 Å². The monoisotopic (exact) mass is 448 g/mol. The second kappa shape index (κ2) is 17.6. The van der Waals surface area contributed by atoms with Crippen LogP contribution in [0.5, 0.6) is 0 Å². The van der Waals surface area contributed by atoms with E-state index >= 15 is 0 Å². The Kier molecular flexibility index (Phi) is 15.5. The number of hydrogen-bond donors (Lipinski definition) is 0. The average molecular weight is 449 g/mol. The lowest BCUT2D eigenvalue weighted by Gasteiger charge is -2.20. The number of nitrogens with zero attached hydrogens (tertiary/aromatic N) is 2. The topological polar surface area (TPSA) is 59.1 Å². The molecule has 6 nitrogen and oxygen atoms in total. The van der Waals surface area contributed by atoms with Gasteiger partial charge in [0.05, 0.1) is 11.1 Å². The average Bonchev–Trinajstić information content (AvgIpc) is 2.83. The van der Waals surface area contributed by atoms with Crippen LogP contribution in [-0.2, 0) is 9.47 Å². The molecule has 0 spiro atoms. The predicted octanol–water partition coefficient (Wildman–Crippen LogP) is 5.72. The summed E-state index contributed by atoms with van der Waals surface area (Å²) in [6.07, 6.45) is 9.53. The highest BCUT2D eigenvalue weighted by atomic mass is 16.5. The van der Waals surface area contributed by atoms with E-state index in [2.05, 4.69) is 37.5 Å². The molecule has 1 aromatic carbocycles. The van der Waals surface area contributed by atoms with Crippen LogP contribution >= 0.6 is 0 Å². The first kappa shape index (κ1) is 28.1. The number of rotatable bonds is 18. The van der Waals surface area contributed by atoms with Crippen LogP contribution in [0, 0.1) is 0 Å². The second-order valence-corrected chi connectivity index (χ2v) is 8.24. The lowest BCUT2D eigenvalue weighted by atomic mass is 10.1. The minimum Gasteiger partial charge on any atom is -0.446 e. The summed E-state index contributed by atoms with van der Waals surface area (Å²) in [4.78, 5) is 29.0. The highest BCUT2D eigenvalue weighted by Crippen LogP contribution is 2.09. The summed E-state index contributed by atoms with van der Waals surface area (Å²) in [6, 6.07) is 6.50. The third-order valence-electron chi connectivity index (χ3n) is 5.66. The molecule has 0 N–H and O–H groups in total. The summed E-state index contributed by atoms with van der Waals surface area (Å²) in [5.74, 6) is -0.748. The van der Waals surface area contributed by atoms with Gasteiger partial charge in [-0.2, -0.15) is 0 Å². The minimum absolute atomic E-state index is 0.288. The molecule has 182 valence electrons. The van der Waals surface area contributed by atoms with Gasteiger partial charge < -0.3 is 9.47 Å². The molecule has 1 aromatic rings. The first-order valence-electron chi connectivity index (χ1n) is 12.4. The van der Waals surface area contributed by atoms with Crippen molar-refractivity contribution >= 4 is 11.9 Å². The Morgan fingerprint density at radius 2 is 1.00 bits per heavy atom. The Morgan fingerprint density at radius 1 is 0.625 bits per heavy atom. The van der Waals surface area contributed by atoms with Gasteiger partial charge in [-0.25, -0.2) is 9.59 Å². The van der Waals surface area contributed by atoms with Gasteiger partial charge >= 0.3 is 11.9 Å². The van der Waals surface area contributed by atoms with E-state index < -0.39 is 0 Å². The molecular weight excluding hydrogens is 404 g/mol. The fourth-order valence-electron chi connectivity index (χ4n) is 3.36. The summed E-state index contributed by atoms with van der Waals surface area (Å²) in [5.41, 5.74) is 0.879. The fraction of sp³-hybridized carbons (Fsp3) is 0.692. The van der Waals surface area contributed by atoms with E-state index in [9.17, 15) is 9.59 Å². The van der Waals surface area contributed by atoms with Crippen LogP contribution in [0.3, 0.4) is 0 Å². The van der Waals surface area contributed by atoms with Crippen molar-refractivity contribution in [2.75, 3.05) is 39.6 Å². The van der Waals surface area contributed by atoms with E-state index in [0.717, 1.165) is 39.0 Å². The van der Waals surface area contributed by atoms with Crippen molar-refractivity contribution in [3.8, 4) is 0 Å². The summed E-state index contributed by atoms with van der Waals surface area (Å²) in [5, 5.41) is 0. The van der Waals surface area contributed by atoms with Crippen molar-refractivity contribution in [2.24, 2.45) is 0 Å². The summed E-state index contributed by atoms with van der Waals surface area (Å²) < 4.78 is 10.9. The van der Waals surface area contributed by atoms with Gasteiger partial charge in [0.1, 0.15) is 13.5 Å². The molecule has 0 saturated carbocycles. The van der Waals surface area contributed by atoms with Crippen LogP contribution in [0.15, 0.2) is 24.3 Å². The van der Waals surface area contributed by atoms with E-state index in [1.807, 2.05) is 0 Å². The van der Waals surface area contributed by atoms with Crippen LogP contribution in [0.4, 0.5) is 0 Å². The van der Waals surface area contributed by atoms with Gasteiger partial charge in [-0.05, 0) is 50.2 Å². The Morgan fingerprint density at radius 3 is 1.31 bits per heavy atom. The van der Waals surface area contributed by atoms with Crippen molar-refractivity contribution in [2.45, 2.75) is 79.1 Å². The number of ether oxygens (including phenoxy) is 2. The maximum atomic E-state index is 12.4. The van der Waals surface area contributed by atoms with Crippen LogP contribution < -0.4 is 0 Å². The number of hydrogen-bond acceptors (Lipinski definition) is 6. The van der Waals surface area contributed by atoms with Gasteiger partial charge in [-0.1, -0.05) is 66.2 Å². The SMILES string of the molecule is CCCCCCN(CC)COC(=O)c1ccc(C(=O)OCN(CC)CCCCCC)cc1. The standard InChI is InChI=1S/C26H44N2O4/c1-5-9-11-13-19-27(7-3)21-31-25(29)23-15-17-24(18-16-23)26(30)32-22-28(8-4)20-14-12-10-6-2/h15-18H,5-14,19-22H2,1-4H3. The Bertz CT molecular complexity index is 578. The molecule has 0 aliphatic heterocycles. The van der Waals surface area contributed by atoms with Crippen molar-refractivity contribution < 1.29 is 19.1 Å². The van der Waals surface area contributed by atoms with Gasteiger partial charge in [0, 0.05) is 13.1 Å². The normalized spacial score (nSPS) is 11.2. The Labute approximate surface area is 195 Å². The molecule has 0 radical (unpaired) electrons. The van der Waals surface area contributed by atoms with Crippen molar-refractivity contribution in [1.82, 2.24) is 9.80 Å². The molecule has 32 heavy (non-hydrogen) atoms. The zero-order valence-corrected chi connectivity index (χ0v) is 20.7. The van der Waals surface area contributed by atoms with E-state index in [4.69, 9.17) is 9.47 Å². The van der Waals surface area contributed by atoms with Gasteiger partial charge in [-0.3, -0.25) is 9.80 Å². The number of carbonyl (C=O) groups is 2. The molecule has 1 rings (SSSR count). The molecule has 0 fully saturated rings. The zero-order chi connectivity index (χ0) is 23.6. The predicted molar refractivity (Wildman–Crippen MR) is 130 cm³/mol. The van der Waals surface area contributed by atoms with Crippen molar-refractivity contribution in [3.63, 3.8) is 0 Å². The maximum Gasteiger partial charge on any atom is 0.339 e. The number of esters is 2. The van der Waals surface area contributed by atoms with Crippen molar-refractivity contribution in [3.05, 3.63) is 35.4 Å². The first-order chi connectivity index (χ1) is 15.5. The Balaban J connectivity index is 2.43. The molecular formula is C26H44N2O4. The van der Waals surface area contributed by atoms with Gasteiger partial charge in [-0.15, -0.1) is 0 Å². The maximum absolute atomic E-state index is 12.4. The van der Waals surface area contributed by atoms with Gasteiger partial charge in [0.25, 0.3) is 0 Å². The molecule has 0 aliphatic carbocycles. The molecule has 0 saturated heterocycles. The minimum atomic E-state index is -0.374. The number of benzene rings is 1. The smallest absolute Gasteiger partial charge is 0.339 e. The van der Waals surface area contributed by atoms with E-state index in [-0.39, 0.29) is 25.4 Å².